The Morgan fingerprint density at radius 3 is 2.95 bits per heavy atom. The number of imidazole rings is 1. The summed E-state index contributed by atoms with van der Waals surface area (Å²) < 4.78 is 8.99. The first kappa shape index (κ1) is 13.4. The summed E-state index contributed by atoms with van der Waals surface area (Å²) >= 11 is 9.80. The van der Waals surface area contributed by atoms with Gasteiger partial charge in [0.05, 0.1) is 28.6 Å². The molecule has 0 amide bonds. The Labute approximate surface area is 126 Å². The van der Waals surface area contributed by atoms with E-state index < -0.39 is 0 Å². The Morgan fingerprint density at radius 2 is 2.32 bits per heavy atom. The van der Waals surface area contributed by atoms with E-state index in [9.17, 15) is 0 Å². The molecule has 1 fully saturated rings. The van der Waals surface area contributed by atoms with Gasteiger partial charge in [0.25, 0.3) is 0 Å². The van der Waals surface area contributed by atoms with Crippen LogP contribution in [0.5, 0.6) is 0 Å². The lowest BCUT2D eigenvalue weighted by Crippen LogP contribution is -2.19. The van der Waals surface area contributed by atoms with Gasteiger partial charge in [0.15, 0.2) is 0 Å². The lowest BCUT2D eigenvalue weighted by Gasteiger charge is -2.20. The largest absolute Gasteiger partial charge is 0.376 e. The lowest BCUT2D eigenvalue weighted by molar-refractivity contribution is 0.108. The summed E-state index contributed by atoms with van der Waals surface area (Å²) in [6.07, 6.45) is 1.22. The molecule has 0 spiro atoms. The molecule has 3 atom stereocenters. The number of rotatable bonds is 2. The minimum atomic E-state index is -0.112. The van der Waals surface area contributed by atoms with Gasteiger partial charge in [0.1, 0.15) is 5.82 Å². The van der Waals surface area contributed by atoms with E-state index in [0.717, 1.165) is 34.4 Å². The van der Waals surface area contributed by atoms with Crippen molar-refractivity contribution >= 4 is 38.6 Å². The van der Waals surface area contributed by atoms with Gasteiger partial charge < -0.3 is 9.30 Å². The summed E-state index contributed by atoms with van der Waals surface area (Å²) in [5.41, 5.74) is 2.11. The first-order chi connectivity index (χ1) is 9.08. The zero-order chi connectivity index (χ0) is 13.6. The number of nitrogens with zero attached hydrogens (tertiary/aromatic N) is 2. The van der Waals surface area contributed by atoms with Crippen LogP contribution in [0.1, 0.15) is 37.5 Å². The molecule has 2 aromatic rings. The van der Waals surface area contributed by atoms with Crippen LogP contribution in [0.4, 0.5) is 0 Å². The third-order valence-electron chi connectivity index (χ3n) is 3.70. The normalized spacial score (nSPS) is 25.1. The van der Waals surface area contributed by atoms with E-state index in [1.807, 2.05) is 19.1 Å². The Kier molecular flexibility index (Phi) is 3.58. The van der Waals surface area contributed by atoms with Crippen LogP contribution in [0.2, 0.25) is 0 Å². The Morgan fingerprint density at radius 1 is 1.53 bits per heavy atom. The SMILES string of the molecule is CC(Cl)c1nc2cc(Br)ccc2n1C1CCOC1C. The Balaban J connectivity index is 2.22. The zero-order valence-electron chi connectivity index (χ0n) is 10.9. The molecule has 2 heterocycles. The molecule has 5 heteroatoms. The van der Waals surface area contributed by atoms with Gasteiger partial charge in [-0.15, -0.1) is 11.6 Å². The summed E-state index contributed by atoms with van der Waals surface area (Å²) in [6.45, 7) is 4.89. The topological polar surface area (TPSA) is 27.1 Å². The van der Waals surface area contributed by atoms with Crippen LogP contribution < -0.4 is 0 Å². The average molecular weight is 344 g/mol. The molecule has 1 aromatic carbocycles. The predicted molar refractivity (Wildman–Crippen MR) is 80.8 cm³/mol. The van der Waals surface area contributed by atoms with E-state index in [4.69, 9.17) is 21.3 Å². The van der Waals surface area contributed by atoms with Gasteiger partial charge in [-0.05, 0) is 38.5 Å². The van der Waals surface area contributed by atoms with Crippen molar-refractivity contribution in [1.82, 2.24) is 9.55 Å². The van der Waals surface area contributed by atoms with Crippen LogP contribution in [0.25, 0.3) is 11.0 Å². The zero-order valence-corrected chi connectivity index (χ0v) is 13.3. The minimum Gasteiger partial charge on any atom is -0.376 e. The summed E-state index contributed by atoms with van der Waals surface area (Å²) in [5.74, 6) is 0.928. The minimum absolute atomic E-state index is 0.112. The second-order valence-electron chi connectivity index (χ2n) is 5.02. The summed E-state index contributed by atoms with van der Waals surface area (Å²) in [6, 6.07) is 6.50. The van der Waals surface area contributed by atoms with Crippen molar-refractivity contribution in [2.75, 3.05) is 6.61 Å². The van der Waals surface area contributed by atoms with Crippen molar-refractivity contribution in [1.29, 1.82) is 0 Å². The fraction of sp³-hybridized carbons (Fsp3) is 0.500. The predicted octanol–water partition coefficient (Wildman–Crippen LogP) is 4.45. The summed E-state index contributed by atoms with van der Waals surface area (Å²) in [4.78, 5) is 4.70. The van der Waals surface area contributed by atoms with Crippen molar-refractivity contribution in [2.24, 2.45) is 0 Å². The number of hydrogen-bond acceptors (Lipinski definition) is 2. The van der Waals surface area contributed by atoms with E-state index in [1.54, 1.807) is 0 Å². The number of alkyl halides is 1. The van der Waals surface area contributed by atoms with Crippen LogP contribution >= 0.6 is 27.5 Å². The third kappa shape index (κ3) is 2.30. The van der Waals surface area contributed by atoms with E-state index in [0.29, 0.717) is 6.04 Å². The number of benzene rings is 1. The van der Waals surface area contributed by atoms with Gasteiger partial charge in [-0.1, -0.05) is 15.9 Å². The molecule has 19 heavy (non-hydrogen) atoms. The van der Waals surface area contributed by atoms with Crippen LogP contribution in [-0.4, -0.2) is 22.3 Å². The molecular formula is C14H16BrClN2O. The van der Waals surface area contributed by atoms with E-state index in [1.165, 1.54) is 0 Å². The average Bonchev–Trinajstić information content (AvgIpc) is 2.91. The number of hydrogen-bond donors (Lipinski definition) is 0. The molecule has 0 bridgehead atoms. The first-order valence-electron chi connectivity index (χ1n) is 6.51. The van der Waals surface area contributed by atoms with Gasteiger partial charge >= 0.3 is 0 Å². The van der Waals surface area contributed by atoms with Gasteiger partial charge in [0, 0.05) is 11.1 Å². The van der Waals surface area contributed by atoms with Crippen LogP contribution in [0.3, 0.4) is 0 Å². The van der Waals surface area contributed by atoms with Crippen LogP contribution in [0.15, 0.2) is 22.7 Å². The van der Waals surface area contributed by atoms with Gasteiger partial charge in [-0.2, -0.15) is 0 Å². The quantitative estimate of drug-likeness (QED) is 0.753. The van der Waals surface area contributed by atoms with E-state index >= 15 is 0 Å². The maximum absolute atomic E-state index is 6.31. The van der Waals surface area contributed by atoms with E-state index in [-0.39, 0.29) is 11.5 Å². The number of aromatic nitrogens is 2. The fourth-order valence-electron chi connectivity index (χ4n) is 2.78. The lowest BCUT2D eigenvalue weighted by atomic mass is 10.1. The molecule has 3 rings (SSSR count). The van der Waals surface area contributed by atoms with Crippen molar-refractivity contribution in [2.45, 2.75) is 37.8 Å². The molecule has 1 aliphatic heterocycles. The van der Waals surface area contributed by atoms with Gasteiger partial charge in [0.2, 0.25) is 0 Å². The highest BCUT2D eigenvalue weighted by Crippen LogP contribution is 2.35. The van der Waals surface area contributed by atoms with Gasteiger partial charge in [-0.25, -0.2) is 4.98 Å². The molecule has 0 aliphatic carbocycles. The molecule has 3 unspecified atom stereocenters. The summed E-state index contributed by atoms with van der Waals surface area (Å²) in [5, 5.41) is -0.112. The number of ether oxygens (including phenoxy) is 1. The smallest absolute Gasteiger partial charge is 0.128 e. The van der Waals surface area contributed by atoms with Gasteiger partial charge in [-0.3, -0.25) is 0 Å². The third-order valence-corrected chi connectivity index (χ3v) is 4.39. The monoisotopic (exact) mass is 342 g/mol. The Hall–Kier alpha value is -0.580. The Bertz CT molecular complexity index is 611. The standard InChI is InChI=1S/C14H16BrClN2O/c1-8(16)14-17-11-7-10(15)3-4-13(11)18(14)12-5-6-19-9(12)2/h3-4,7-9,12H,5-6H2,1-2H3. The molecule has 1 aliphatic rings. The van der Waals surface area contributed by atoms with E-state index in [2.05, 4.69) is 33.5 Å². The molecule has 0 saturated carbocycles. The highest BCUT2D eigenvalue weighted by atomic mass is 79.9. The second kappa shape index (κ2) is 5.08. The molecule has 102 valence electrons. The second-order valence-corrected chi connectivity index (χ2v) is 6.59. The highest BCUT2D eigenvalue weighted by Gasteiger charge is 2.30. The van der Waals surface area contributed by atoms with Crippen molar-refractivity contribution < 1.29 is 4.74 Å². The van der Waals surface area contributed by atoms with Crippen molar-refractivity contribution in [3.63, 3.8) is 0 Å². The van der Waals surface area contributed by atoms with Crippen molar-refractivity contribution in [3.8, 4) is 0 Å². The van der Waals surface area contributed by atoms with Crippen LogP contribution in [0, 0.1) is 0 Å². The maximum atomic E-state index is 6.31. The maximum Gasteiger partial charge on any atom is 0.128 e. The summed E-state index contributed by atoms with van der Waals surface area (Å²) in [7, 11) is 0. The molecule has 3 nitrogen and oxygen atoms in total. The fourth-order valence-corrected chi connectivity index (χ4v) is 3.28. The highest BCUT2D eigenvalue weighted by molar-refractivity contribution is 9.10. The van der Waals surface area contributed by atoms with Crippen molar-refractivity contribution in [3.05, 3.63) is 28.5 Å². The molecular weight excluding hydrogens is 328 g/mol. The molecule has 1 saturated heterocycles. The molecule has 0 N–H and O–H groups in total. The molecule has 0 radical (unpaired) electrons. The number of fused-ring (bicyclic) bond motifs is 1. The van der Waals surface area contributed by atoms with Crippen LogP contribution in [-0.2, 0) is 4.74 Å². The molecule has 1 aromatic heterocycles. The number of halogens is 2. The first-order valence-corrected chi connectivity index (χ1v) is 7.74.